The van der Waals surface area contributed by atoms with E-state index in [9.17, 15) is 4.39 Å². The normalized spacial score (nSPS) is 10.0. The van der Waals surface area contributed by atoms with E-state index in [0.717, 1.165) is 0 Å². The van der Waals surface area contributed by atoms with Crippen LogP contribution in [0.4, 0.5) is 21.7 Å². The fourth-order valence-corrected chi connectivity index (χ4v) is 1.31. The standard InChI is InChI=1S/C11H11FN4O/c1-17-7-2-3-8(12)9(4-7)16-11-5-10(13)14-6-15-11/h2-6H,1H3,(H3,13,14,15,16). The maximum Gasteiger partial charge on any atom is 0.146 e. The fraction of sp³-hybridized carbons (Fsp3) is 0.0909. The number of methoxy groups -OCH3 is 1. The number of nitrogens with two attached hydrogens (primary N) is 1. The van der Waals surface area contributed by atoms with Gasteiger partial charge >= 0.3 is 0 Å². The molecule has 1 heterocycles. The number of anilines is 3. The van der Waals surface area contributed by atoms with Crippen molar-refractivity contribution in [3.8, 4) is 5.75 Å². The Morgan fingerprint density at radius 2 is 2.12 bits per heavy atom. The van der Waals surface area contributed by atoms with Crippen molar-refractivity contribution in [1.82, 2.24) is 9.97 Å². The highest BCUT2D eigenvalue weighted by Crippen LogP contribution is 2.23. The van der Waals surface area contributed by atoms with Gasteiger partial charge < -0.3 is 15.8 Å². The second-order valence-electron chi connectivity index (χ2n) is 3.30. The number of aromatic nitrogens is 2. The van der Waals surface area contributed by atoms with Crippen molar-refractivity contribution in [1.29, 1.82) is 0 Å². The fourth-order valence-electron chi connectivity index (χ4n) is 1.31. The number of hydrogen-bond donors (Lipinski definition) is 2. The second-order valence-corrected chi connectivity index (χ2v) is 3.30. The van der Waals surface area contributed by atoms with Gasteiger partial charge in [-0.1, -0.05) is 0 Å². The minimum absolute atomic E-state index is 0.266. The molecule has 88 valence electrons. The Morgan fingerprint density at radius 3 is 2.82 bits per heavy atom. The predicted molar refractivity (Wildman–Crippen MR) is 62.7 cm³/mol. The van der Waals surface area contributed by atoms with E-state index < -0.39 is 5.82 Å². The lowest BCUT2D eigenvalue weighted by Gasteiger charge is -2.08. The summed E-state index contributed by atoms with van der Waals surface area (Å²) in [5.41, 5.74) is 5.76. The molecule has 6 heteroatoms. The summed E-state index contributed by atoms with van der Waals surface area (Å²) < 4.78 is 18.5. The molecule has 17 heavy (non-hydrogen) atoms. The highest BCUT2D eigenvalue weighted by atomic mass is 19.1. The van der Waals surface area contributed by atoms with E-state index in [1.807, 2.05) is 0 Å². The Morgan fingerprint density at radius 1 is 1.29 bits per heavy atom. The van der Waals surface area contributed by atoms with Crippen LogP contribution in [0.5, 0.6) is 5.75 Å². The molecule has 0 saturated carbocycles. The molecular weight excluding hydrogens is 223 g/mol. The topological polar surface area (TPSA) is 73.1 Å². The maximum absolute atomic E-state index is 13.5. The Labute approximate surface area is 97.5 Å². The third-order valence-corrected chi connectivity index (χ3v) is 2.12. The second kappa shape index (κ2) is 4.65. The molecule has 0 unspecified atom stereocenters. The zero-order valence-corrected chi connectivity index (χ0v) is 9.14. The van der Waals surface area contributed by atoms with Crippen molar-refractivity contribution in [2.45, 2.75) is 0 Å². The number of nitrogens with zero attached hydrogens (tertiary/aromatic N) is 2. The van der Waals surface area contributed by atoms with Gasteiger partial charge in [0.2, 0.25) is 0 Å². The highest BCUT2D eigenvalue weighted by Gasteiger charge is 2.05. The lowest BCUT2D eigenvalue weighted by Crippen LogP contribution is -1.99. The number of hydrogen-bond acceptors (Lipinski definition) is 5. The van der Waals surface area contributed by atoms with Gasteiger partial charge in [0.1, 0.15) is 29.5 Å². The average Bonchev–Trinajstić information content (AvgIpc) is 2.32. The third kappa shape index (κ3) is 2.60. The number of benzene rings is 1. The Bertz CT molecular complexity index is 533. The van der Waals surface area contributed by atoms with Crippen LogP contribution >= 0.6 is 0 Å². The molecule has 0 aliphatic rings. The van der Waals surface area contributed by atoms with E-state index in [4.69, 9.17) is 10.5 Å². The Kier molecular flexibility index (Phi) is 3.04. The van der Waals surface area contributed by atoms with Crippen molar-refractivity contribution in [3.05, 3.63) is 36.4 Å². The van der Waals surface area contributed by atoms with Gasteiger partial charge in [0, 0.05) is 12.1 Å². The molecular formula is C11H11FN4O. The highest BCUT2D eigenvalue weighted by molar-refractivity contribution is 5.60. The van der Waals surface area contributed by atoms with Crippen molar-refractivity contribution in [3.63, 3.8) is 0 Å². The van der Waals surface area contributed by atoms with E-state index in [1.54, 1.807) is 0 Å². The Balaban J connectivity index is 2.29. The summed E-state index contributed by atoms with van der Waals surface area (Å²) in [6, 6.07) is 5.90. The van der Waals surface area contributed by atoms with Gasteiger partial charge in [-0.2, -0.15) is 0 Å². The van der Waals surface area contributed by atoms with Crippen LogP contribution in [0.2, 0.25) is 0 Å². The van der Waals surface area contributed by atoms with Crippen LogP contribution in [-0.4, -0.2) is 17.1 Å². The van der Waals surface area contributed by atoms with Gasteiger partial charge in [0.25, 0.3) is 0 Å². The van der Waals surface area contributed by atoms with E-state index in [0.29, 0.717) is 17.4 Å². The molecule has 0 radical (unpaired) electrons. The van der Waals surface area contributed by atoms with Crippen molar-refractivity contribution < 1.29 is 9.13 Å². The summed E-state index contributed by atoms with van der Waals surface area (Å²) in [5, 5.41) is 2.80. The van der Waals surface area contributed by atoms with Crippen LogP contribution in [0.15, 0.2) is 30.6 Å². The summed E-state index contributed by atoms with van der Waals surface area (Å²) >= 11 is 0. The summed E-state index contributed by atoms with van der Waals surface area (Å²) in [6.45, 7) is 0. The first-order chi connectivity index (χ1) is 8.19. The van der Waals surface area contributed by atoms with E-state index in [-0.39, 0.29) is 5.69 Å². The summed E-state index contributed by atoms with van der Waals surface area (Å²) in [6.07, 6.45) is 1.30. The summed E-state index contributed by atoms with van der Waals surface area (Å²) in [7, 11) is 1.51. The maximum atomic E-state index is 13.5. The molecule has 0 bridgehead atoms. The van der Waals surface area contributed by atoms with Gasteiger partial charge in [-0.15, -0.1) is 0 Å². The number of nitrogen functional groups attached to an aromatic ring is 1. The molecule has 2 aromatic rings. The monoisotopic (exact) mass is 234 g/mol. The van der Waals surface area contributed by atoms with Crippen molar-refractivity contribution in [2.24, 2.45) is 0 Å². The lowest BCUT2D eigenvalue weighted by atomic mass is 10.3. The van der Waals surface area contributed by atoms with Crippen molar-refractivity contribution in [2.75, 3.05) is 18.2 Å². The first-order valence-electron chi connectivity index (χ1n) is 4.87. The molecule has 3 N–H and O–H groups in total. The van der Waals surface area contributed by atoms with Crippen LogP contribution < -0.4 is 15.8 Å². The first-order valence-corrected chi connectivity index (χ1v) is 4.87. The van der Waals surface area contributed by atoms with Crippen molar-refractivity contribution >= 4 is 17.3 Å². The summed E-state index contributed by atoms with van der Waals surface area (Å²) in [5.74, 6) is 0.884. The lowest BCUT2D eigenvalue weighted by molar-refractivity contribution is 0.414. The van der Waals surface area contributed by atoms with Gasteiger partial charge in [0.05, 0.1) is 12.8 Å². The number of rotatable bonds is 3. The molecule has 0 saturated heterocycles. The van der Waals surface area contributed by atoms with Crippen LogP contribution in [-0.2, 0) is 0 Å². The van der Waals surface area contributed by atoms with Crippen LogP contribution in [0.1, 0.15) is 0 Å². The minimum atomic E-state index is -0.400. The molecule has 1 aromatic heterocycles. The van der Waals surface area contributed by atoms with Crippen LogP contribution in [0.3, 0.4) is 0 Å². The number of nitrogens with one attached hydrogen (secondary N) is 1. The largest absolute Gasteiger partial charge is 0.497 e. The van der Waals surface area contributed by atoms with Gasteiger partial charge in [-0.3, -0.25) is 0 Å². The summed E-state index contributed by atoms with van der Waals surface area (Å²) in [4.78, 5) is 7.67. The van der Waals surface area contributed by atoms with Crippen LogP contribution in [0.25, 0.3) is 0 Å². The molecule has 0 atom stereocenters. The van der Waals surface area contributed by atoms with Crippen LogP contribution in [0, 0.1) is 5.82 Å². The SMILES string of the molecule is COc1ccc(F)c(Nc2cc(N)ncn2)c1. The van der Waals surface area contributed by atoms with E-state index in [1.165, 1.54) is 37.7 Å². The zero-order valence-electron chi connectivity index (χ0n) is 9.14. The van der Waals surface area contributed by atoms with Gasteiger partial charge in [-0.25, -0.2) is 14.4 Å². The predicted octanol–water partition coefficient (Wildman–Crippen LogP) is 1.95. The molecule has 0 aliphatic carbocycles. The van der Waals surface area contributed by atoms with E-state index >= 15 is 0 Å². The quantitative estimate of drug-likeness (QED) is 0.849. The Hall–Kier alpha value is -2.37. The molecule has 0 amide bonds. The molecule has 1 aromatic carbocycles. The molecule has 2 rings (SSSR count). The zero-order chi connectivity index (χ0) is 12.3. The number of ether oxygens (including phenoxy) is 1. The first kappa shape index (κ1) is 11.1. The van der Waals surface area contributed by atoms with E-state index in [2.05, 4.69) is 15.3 Å². The smallest absolute Gasteiger partial charge is 0.146 e. The molecule has 0 fully saturated rings. The molecule has 0 spiro atoms. The molecule has 5 nitrogen and oxygen atoms in total. The number of halogens is 1. The molecule has 0 aliphatic heterocycles. The van der Waals surface area contributed by atoms with Gasteiger partial charge in [-0.05, 0) is 12.1 Å². The average molecular weight is 234 g/mol. The third-order valence-electron chi connectivity index (χ3n) is 2.12. The van der Waals surface area contributed by atoms with Gasteiger partial charge in [0.15, 0.2) is 0 Å². The minimum Gasteiger partial charge on any atom is -0.497 e.